The fourth-order valence-corrected chi connectivity index (χ4v) is 1.41. The van der Waals surface area contributed by atoms with Crippen LogP contribution in [0.25, 0.3) is 0 Å². The van der Waals surface area contributed by atoms with Crippen LogP contribution < -0.4 is 5.32 Å². The first-order chi connectivity index (χ1) is 5.52. The third-order valence-corrected chi connectivity index (χ3v) is 2.13. The van der Waals surface area contributed by atoms with Gasteiger partial charge < -0.3 is 10.2 Å². The number of rotatable bonds is 0. The largest absolute Gasteiger partial charge is 0.336 e. The van der Waals surface area contributed by atoms with Gasteiger partial charge in [0.2, 0.25) is 0 Å². The second-order valence-corrected chi connectivity index (χ2v) is 4.82. The van der Waals surface area contributed by atoms with Crippen LogP contribution in [-0.4, -0.2) is 40.8 Å². The number of nitrogens with zero attached hydrogens (tertiary/aromatic N) is 1. The number of piperazine rings is 1. The predicted molar refractivity (Wildman–Crippen MR) is 49.7 cm³/mol. The van der Waals surface area contributed by atoms with Crippen LogP contribution in [0.4, 0.5) is 0 Å². The molecule has 1 amide bonds. The molecular weight excluding hydrogens is 222 g/mol. The molecule has 1 aliphatic rings. The number of amides is 1. The average Bonchev–Trinajstić information content (AvgIpc) is 2.03. The summed E-state index contributed by atoms with van der Waals surface area (Å²) < 4.78 is -1.81. The van der Waals surface area contributed by atoms with Gasteiger partial charge in [0.1, 0.15) is 0 Å². The van der Waals surface area contributed by atoms with Crippen molar-refractivity contribution in [3.8, 4) is 0 Å². The second-order valence-electron chi connectivity index (χ2n) is 2.54. The third kappa shape index (κ3) is 2.66. The van der Waals surface area contributed by atoms with E-state index in [0.29, 0.717) is 13.1 Å². The lowest BCUT2D eigenvalue weighted by molar-refractivity contribution is -0.130. The van der Waals surface area contributed by atoms with Gasteiger partial charge in [-0.05, 0) is 0 Å². The van der Waals surface area contributed by atoms with Crippen LogP contribution in [0.3, 0.4) is 0 Å². The summed E-state index contributed by atoms with van der Waals surface area (Å²) in [6.45, 7) is 2.72. The van der Waals surface area contributed by atoms with E-state index in [1.165, 1.54) is 0 Å². The molecule has 1 N–H and O–H groups in total. The predicted octanol–water partition coefficient (Wildman–Crippen LogP) is 0.788. The normalized spacial score (nSPS) is 19.4. The molecule has 6 heteroatoms. The van der Waals surface area contributed by atoms with E-state index < -0.39 is 9.70 Å². The smallest absolute Gasteiger partial charge is 0.274 e. The minimum atomic E-state index is -1.81. The molecule has 0 aliphatic carbocycles. The topological polar surface area (TPSA) is 32.3 Å². The maximum Gasteiger partial charge on any atom is 0.274 e. The van der Waals surface area contributed by atoms with Gasteiger partial charge in [0.15, 0.2) is 0 Å². The Morgan fingerprint density at radius 2 is 1.75 bits per heavy atom. The van der Waals surface area contributed by atoms with Crippen LogP contribution in [0.2, 0.25) is 0 Å². The van der Waals surface area contributed by atoms with Gasteiger partial charge in [0, 0.05) is 26.2 Å². The highest BCUT2D eigenvalue weighted by Gasteiger charge is 2.35. The van der Waals surface area contributed by atoms with Crippen LogP contribution in [0.15, 0.2) is 0 Å². The molecule has 0 bridgehead atoms. The molecule has 0 aromatic rings. The van der Waals surface area contributed by atoms with Crippen LogP contribution in [0.1, 0.15) is 0 Å². The number of hydrogen-bond acceptors (Lipinski definition) is 2. The van der Waals surface area contributed by atoms with Crippen LogP contribution >= 0.6 is 34.8 Å². The van der Waals surface area contributed by atoms with Gasteiger partial charge in [0.05, 0.1) is 0 Å². The van der Waals surface area contributed by atoms with E-state index in [-0.39, 0.29) is 0 Å². The van der Waals surface area contributed by atoms with E-state index in [1.54, 1.807) is 4.90 Å². The van der Waals surface area contributed by atoms with Gasteiger partial charge in [-0.25, -0.2) is 0 Å². The maximum atomic E-state index is 11.3. The molecule has 0 spiro atoms. The molecule has 1 rings (SSSR count). The Kier molecular flexibility index (Phi) is 3.47. The minimum absolute atomic E-state index is 0.436. The number of hydrogen-bond donors (Lipinski definition) is 1. The zero-order valence-corrected chi connectivity index (χ0v) is 8.59. The fraction of sp³-hybridized carbons (Fsp3) is 0.833. The summed E-state index contributed by atoms with van der Waals surface area (Å²) in [6, 6.07) is 0. The van der Waals surface area contributed by atoms with Crippen molar-refractivity contribution in [2.75, 3.05) is 26.2 Å². The number of carbonyl (C=O) groups is 1. The molecule has 0 unspecified atom stereocenters. The molecule has 3 nitrogen and oxygen atoms in total. The SMILES string of the molecule is O=C(N1CCNCC1)C(Cl)(Cl)Cl. The van der Waals surface area contributed by atoms with Crippen molar-refractivity contribution in [1.82, 2.24) is 10.2 Å². The Hall–Kier alpha value is 0.300. The Morgan fingerprint density at radius 3 is 2.17 bits per heavy atom. The van der Waals surface area contributed by atoms with Crippen molar-refractivity contribution in [2.24, 2.45) is 0 Å². The summed E-state index contributed by atoms with van der Waals surface area (Å²) >= 11 is 16.3. The zero-order valence-electron chi connectivity index (χ0n) is 6.32. The fourth-order valence-electron chi connectivity index (χ4n) is 1.05. The standard InChI is InChI=1S/C6H9Cl3N2O/c7-6(8,9)5(12)11-3-1-10-2-4-11/h10H,1-4H2. The maximum absolute atomic E-state index is 11.3. The van der Waals surface area contributed by atoms with Crippen molar-refractivity contribution < 1.29 is 4.79 Å². The summed E-state index contributed by atoms with van der Waals surface area (Å²) in [6.07, 6.45) is 0. The summed E-state index contributed by atoms with van der Waals surface area (Å²) in [5, 5.41) is 3.10. The first-order valence-electron chi connectivity index (χ1n) is 3.58. The van der Waals surface area contributed by atoms with Gasteiger partial charge in [0.25, 0.3) is 9.70 Å². The van der Waals surface area contributed by atoms with Gasteiger partial charge in [-0.3, -0.25) is 4.79 Å². The van der Waals surface area contributed by atoms with Gasteiger partial charge in [-0.15, -0.1) is 0 Å². The van der Waals surface area contributed by atoms with Gasteiger partial charge in [-0.2, -0.15) is 0 Å². The molecule has 0 aromatic carbocycles. The van der Waals surface area contributed by atoms with E-state index in [9.17, 15) is 4.79 Å². The first kappa shape index (κ1) is 10.4. The van der Waals surface area contributed by atoms with E-state index in [0.717, 1.165) is 13.1 Å². The molecule has 0 atom stereocenters. The summed E-state index contributed by atoms with van der Waals surface area (Å²) in [5.41, 5.74) is 0. The van der Waals surface area contributed by atoms with Crippen molar-refractivity contribution in [3.63, 3.8) is 0 Å². The van der Waals surface area contributed by atoms with Gasteiger partial charge in [-0.1, -0.05) is 34.8 Å². The first-order valence-corrected chi connectivity index (χ1v) is 4.72. The van der Waals surface area contributed by atoms with Crippen molar-refractivity contribution in [1.29, 1.82) is 0 Å². The van der Waals surface area contributed by atoms with Crippen molar-refractivity contribution >= 4 is 40.7 Å². The monoisotopic (exact) mass is 230 g/mol. The Bertz CT molecular complexity index is 174. The number of nitrogens with one attached hydrogen (secondary N) is 1. The van der Waals surface area contributed by atoms with Crippen LogP contribution in [-0.2, 0) is 4.79 Å². The van der Waals surface area contributed by atoms with Crippen LogP contribution in [0.5, 0.6) is 0 Å². The highest BCUT2D eigenvalue weighted by atomic mass is 35.6. The number of alkyl halides is 3. The zero-order chi connectivity index (χ0) is 9.19. The molecular formula is C6H9Cl3N2O. The molecule has 1 aliphatic heterocycles. The second kappa shape index (κ2) is 4.01. The summed E-state index contributed by atoms with van der Waals surface area (Å²) in [5.74, 6) is -0.436. The molecule has 1 fully saturated rings. The summed E-state index contributed by atoms with van der Waals surface area (Å²) in [4.78, 5) is 12.9. The highest BCUT2D eigenvalue weighted by molar-refractivity contribution is 6.76. The lowest BCUT2D eigenvalue weighted by Gasteiger charge is -2.29. The average molecular weight is 232 g/mol. The summed E-state index contributed by atoms with van der Waals surface area (Å²) in [7, 11) is 0. The van der Waals surface area contributed by atoms with E-state index in [1.807, 2.05) is 0 Å². The minimum Gasteiger partial charge on any atom is -0.336 e. The molecule has 0 saturated carbocycles. The number of carbonyl (C=O) groups excluding carboxylic acids is 1. The molecule has 12 heavy (non-hydrogen) atoms. The Balaban J connectivity index is 2.51. The Labute approximate surface area is 85.9 Å². The molecule has 0 radical (unpaired) electrons. The van der Waals surface area contributed by atoms with Crippen molar-refractivity contribution in [2.45, 2.75) is 3.79 Å². The lowest BCUT2D eigenvalue weighted by Crippen LogP contribution is -2.50. The Morgan fingerprint density at radius 1 is 1.25 bits per heavy atom. The molecule has 1 heterocycles. The van der Waals surface area contributed by atoms with E-state index in [2.05, 4.69) is 5.32 Å². The third-order valence-electron chi connectivity index (χ3n) is 1.65. The molecule has 70 valence electrons. The van der Waals surface area contributed by atoms with Crippen molar-refractivity contribution in [3.05, 3.63) is 0 Å². The van der Waals surface area contributed by atoms with Crippen LogP contribution in [0, 0.1) is 0 Å². The van der Waals surface area contributed by atoms with E-state index in [4.69, 9.17) is 34.8 Å². The molecule has 0 aromatic heterocycles. The highest BCUT2D eigenvalue weighted by Crippen LogP contribution is 2.28. The lowest BCUT2D eigenvalue weighted by atomic mass is 10.3. The number of halogens is 3. The molecule has 1 saturated heterocycles. The quantitative estimate of drug-likeness (QED) is 0.625. The van der Waals surface area contributed by atoms with Gasteiger partial charge >= 0.3 is 0 Å². The van der Waals surface area contributed by atoms with E-state index >= 15 is 0 Å².